The summed E-state index contributed by atoms with van der Waals surface area (Å²) >= 11 is 0. The normalized spacial score (nSPS) is 10.1. The lowest BCUT2D eigenvalue weighted by Gasteiger charge is -2.11. The van der Waals surface area contributed by atoms with Crippen LogP contribution in [0.1, 0.15) is 21.5 Å². The van der Waals surface area contributed by atoms with Gasteiger partial charge in [0.25, 0.3) is 11.5 Å². The fraction of sp³-hybridized carbons (Fsp3) is 0.188. The molecular formula is C16H16N2O4. The molecule has 0 aliphatic rings. The number of esters is 1. The van der Waals surface area contributed by atoms with Gasteiger partial charge in [-0.2, -0.15) is 0 Å². The first-order valence-electron chi connectivity index (χ1n) is 6.70. The first-order valence-corrected chi connectivity index (χ1v) is 6.70. The van der Waals surface area contributed by atoms with Crippen LogP contribution in [0.5, 0.6) is 0 Å². The molecule has 0 bridgehead atoms. The Morgan fingerprint density at radius 2 is 1.82 bits per heavy atom. The molecule has 0 aliphatic heterocycles. The zero-order chi connectivity index (χ0) is 16.1. The van der Waals surface area contributed by atoms with Crippen LogP contribution in [0, 0.1) is 13.8 Å². The molecule has 6 nitrogen and oxygen atoms in total. The van der Waals surface area contributed by atoms with E-state index in [9.17, 15) is 14.4 Å². The van der Waals surface area contributed by atoms with Gasteiger partial charge in [0.2, 0.25) is 0 Å². The number of nitrogens with one attached hydrogen (secondary N) is 2. The summed E-state index contributed by atoms with van der Waals surface area (Å²) in [4.78, 5) is 37.4. The van der Waals surface area contributed by atoms with E-state index in [1.165, 1.54) is 18.3 Å². The number of anilines is 1. The molecule has 0 aliphatic carbocycles. The fourth-order valence-electron chi connectivity index (χ4n) is 1.98. The molecule has 2 rings (SSSR count). The molecule has 1 aromatic heterocycles. The number of aromatic nitrogens is 1. The minimum atomic E-state index is -0.835. The van der Waals surface area contributed by atoms with Gasteiger partial charge in [-0.05, 0) is 37.1 Å². The Kier molecular flexibility index (Phi) is 4.73. The molecule has 0 radical (unpaired) electrons. The first kappa shape index (κ1) is 15.5. The van der Waals surface area contributed by atoms with Crippen molar-refractivity contribution in [2.45, 2.75) is 13.8 Å². The average Bonchev–Trinajstić information content (AvgIpc) is 2.49. The van der Waals surface area contributed by atoms with Crippen molar-refractivity contribution in [1.29, 1.82) is 0 Å². The number of aryl methyl sites for hydroxylation is 2. The number of carbonyl (C=O) groups is 2. The summed E-state index contributed by atoms with van der Waals surface area (Å²) in [5, 5.41) is 2.70. The summed E-state index contributed by atoms with van der Waals surface area (Å²) in [5.74, 6) is -1.29. The lowest BCUT2D eigenvalue weighted by Crippen LogP contribution is -2.25. The SMILES string of the molecule is Cc1cccc(C)c1NC(=O)COC(=O)c1ccc[nH]c1=O. The zero-order valence-electron chi connectivity index (χ0n) is 12.3. The maximum Gasteiger partial charge on any atom is 0.344 e. The number of para-hydroxylation sites is 1. The number of aromatic amines is 1. The monoisotopic (exact) mass is 300 g/mol. The Morgan fingerprint density at radius 1 is 1.14 bits per heavy atom. The minimum Gasteiger partial charge on any atom is -0.452 e. The third kappa shape index (κ3) is 3.60. The quantitative estimate of drug-likeness (QED) is 0.843. The van der Waals surface area contributed by atoms with Gasteiger partial charge in [-0.3, -0.25) is 9.59 Å². The van der Waals surface area contributed by atoms with Gasteiger partial charge < -0.3 is 15.0 Å². The molecule has 114 valence electrons. The number of hydrogen-bond donors (Lipinski definition) is 2. The highest BCUT2D eigenvalue weighted by atomic mass is 16.5. The van der Waals surface area contributed by atoms with Gasteiger partial charge in [-0.1, -0.05) is 18.2 Å². The van der Waals surface area contributed by atoms with Crippen molar-refractivity contribution in [3.8, 4) is 0 Å². The largest absolute Gasteiger partial charge is 0.452 e. The molecule has 22 heavy (non-hydrogen) atoms. The van der Waals surface area contributed by atoms with Crippen LogP contribution in [0.2, 0.25) is 0 Å². The number of H-pyrrole nitrogens is 1. The topological polar surface area (TPSA) is 88.3 Å². The Balaban J connectivity index is 1.98. The van der Waals surface area contributed by atoms with E-state index in [1.807, 2.05) is 32.0 Å². The minimum absolute atomic E-state index is 0.137. The molecule has 1 amide bonds. The van der Waals surface area contributed by atoms with Crippen molar-refractivity contribution in [2.75, 3.05) is 11.9 Å². The summed E-state index contributed by atoms with van der Waals surface area (Å²) in [5.41, 5.74) is 1.84. The number of benzene rings is 1. The van der Waals surface area contributed by atoms with Crippen molar-refractivity contribution < 1.29 is 14.3 Å². The van der Waals surface area contributed by atoms with Crippen LogP contribution in [-0.2, 0) is 9.53 Å². The van der Waals surface area contributed by atoms with Gasteiger partial charge in [-0.25, -0.2) is 4.79 Å². The van der Waals surface area contributed by atoms with Gasteiger partial charge in [0.1, 0.15) is 5.56 Å². The molecule has 0 unspecified atom stereocenters. The Bertz CT molecular complexity index is 744. The molecular weight excluding hydrogens is 284 g/mol. The van der Waals surface area contributed by atoms with Gasteiger partial charge in [0.15, 0.2) is 6.61 Å². The van der Waals surface area contributed by atoms with Crippen molar-refractivity contribution in [2.24, 2.45) is 0 Å². The van der Waals surface area contributed by atoms with Crippen molar-refractivity contribution in [3.05, 3.63) is 63.6 Å². The van der Waals surface area contributed by atoms with E-state index in [0.29, 0.717) is 5.69 Å². The predicted octanol–water partition coefficient (Wildman–Crippen LogP) is 1.79. The Morgan fingerprint density at radius 3 is 2.45 bits per heavy atom. The van der Waals surface area contributed by atoms with E-state index < -0.39 is 24.0 Å². The molecule has 0 atom stereocenters. The number of hydrogen-bond acceptors (Lipinski definition) is 4. The summed E-state index contributed by atoms with van der Waals surface area (Å²) < 4.78 is 4.85. The smallest absolute Gasteiger partial charge is 0.344 e. The van der Waals surface area contributed by atoms with E-state index >= 15 is 0 Å². The van der Waals surface area contributed by atoms with Crippen LogP contribution < -0.4 is 10.9 Å². The van der Waals surface area contributed by atoms with Crippen LogP contribution in [0.3, 0.4) is 0 Å². The molecule has 0 fully saturated rings. The summed E-state index contributed by atoms with van der Waals surface area (Å²) in [6.45, 7) is 3.29. The van der Waals surface area contributed by atoms with Crippen LogP contribution in [-0.4, -0.2) is 23.5 Å². The van der Waals surface area contributed by atoms with Crippen LogP contribution in [0.15, 0.2) is 41.3 Å². The number of rotatable bonds is 4. The molecule has 0 spiro atoms. The number of pyridine rings is 1. The number of ether oxygens (including phenoxy) is 1. The van der Waals surface area contributed by atoms with E-state index in [-0.39, 0.29) is 5.56 Å². The van der Waals surface area contributed by atoms with Crippen molar-refractivity contribution >= 4 is 17.6 Å². The highest BCUT2D eigenvalue weighted by Crippen LogP contribution is 2.19. The van der Waals surface area contributed by atoms with Crippen molar-refractivity contribution in [1.82, 2.24) is 4.98 Å². The van der Waals surface area contributed by atoms with Gasteiger partial charge >= 0.3 is 5.97 Å². The molecule has 0 saturated carbocycles. The molecule has 0 saturated heterocycles. The second-order valence-corrected chi connectivity index (χ2v) is 4.80. The lowest BCUT2D eigenvalue weighted by atomic mass is 10.1. The van der Waals surface area contributed by atoms with E-state index in [0.717, 1.165) is 11.1 Å². The van der Waals surface area contributed by atoms with Gasteiger partial charge in [-0.15, -0.1) is 0 Å². The third-order valence-electron chi connectivity index (χ3n) is 3.12. The molecule has 6 heteroatoms. The standard InChI is InChI=1S/C16H16N2O4/c1-10-5-3-6-11(2)14(10)18-13(19)9-22-16(21)12-7-4-8-17-15(12)20/h3-8H,9H2,1-2H3,(H,17,20)(H,18,19). The van der Waals surface area contributed by atoms with E-state index in [1.54, 1.807) is 0 Å². The number of carbonyl (C=O) groups excluding carboxylic acids is 2. The van der Waals surface area contributed by atoms with Crippen LogP contribution in [0.4, 0.5) is 5.69 Å². The number of amides is 1. The fourth-order valence-corrected chi connectivity index (χ4v) is 1.98. The highest BCUT2D eigenvalue weighted by Gasteiger charge is 2.14. The van der Waals surface area contributed by atoms with Crippen molar-refractivity contribution in [3.63, 3.8) is 0 Å². The second kappa shape index (κ2) is 6.71. The maximum absolute atomic E-state index is 11.9. The molecule has 2 aromatic rings. The Labute approximate surface area is 127 Å². The van der Waals surface area contributed by atoms with Crippen LogP contribution >= 0.6 is 0 Å². The maximum atomic E-state index is 11.9. The zero-order valence-corrected chi connectivity index (χ0v) is 12.3. The second-order valence-electron chi connectivity index (χ2n) is 4.80. The van der Waals surface area contributed by atoms with E-state index in [4.69, 9.17) is 4.74 Å². The van der Waals surface area contributed by atoms with E-state index in [2.05, 4.69) is 10.3 Å². The molecule has 1 aromatic carbocycles. The van der Waals surface area contributed by atoms with Gasteiger partial charge in [0, 0.05) is 11.9 Å². The third-order valence-corrected chi connectivity index (χ3v) is 3.12. The molecule has 2 N–H and O–H groups in total. The lowest BCUT2D eigenvalue weighted by molar-refractivity contribution is -0.119. The highest BCUT2D eigenvalue weighted by molar-refractivity contribution is 5.96. The molecule has 1 heterocycles. The average molecular weight is 300 g/mol. The van der Waals surface area contributed by atoms with Crippen LogP contribution in [0.25, 0.3) is 0 Å². The Hall–Kier alpha value is -2.89. The van der Waals surface area contributed by atoms with Gasteiger partial charge in [0.05, 0.1) is 0 Å². The summed E-state index contributed by atoms with van der Waals surface area (Å²) in [7, 11) is 0. The first-order chi connectivity index (χ1) is 10.5. The predicted molar refractivity (Wildman–Crippen MR) is 81.9 cm³/mol. The summed E-state index contributed by atoms with van der Waals surface area (Å²) in [6.07, 6.45) is 1.41. The summed E-state index contributed by atoms with van der Waals surface area (Å²) in [6, 6.07) is 8.48.